The summed E-state index contributed by atoms with van der Waals surface area (Å²) in [6.07, 6.45) is 0. The number of rotatable bonds is 6. The molecular weight excluding hydrogens is 374 g/mol. The van der Waals surface area contributed by atoms with Crippen LogP contribution in [0.2, 0.25) is 0 Å². The molecular formula is C18H16BrNO4. The van der Waals surface area contributed by atoms with Gasteiger partial charge in [-0.1, -0.05) is 15.9 Å². The van der Waals surface area contributed by atoms with Crippen molar-refractivity contribution in [2.24, 2.45) is 0 Å². The Morgan fingerprint density at radius 1 is 1.12 bits per heavy atom. The maximum absolute atomic E-state index is 12.3. The van der Waals surface area contributed by atoms with Crippen molar-refractivity contribution in [2.75, 3.05) is 25.6 Å². The number of hydrogen-bond donors (Lipinski definition) is 1. The maximum atomic E-state index is 12.3. The smallest absolute Gasteiger partial charge is 0.291 e. The highest BCUT2D eigenvalue weighted by Gasteiger charge is 2.12. The van der Waals surface area contributed by atoms with Gasteiger partial charge >= 0.3 is 0 Å². The van der Waals surface area contributed by atoms with Crippen LogP contribution in [-0.4, -0.2) is 26.2 Å². The Labute approximate surface area is 147 Å². The standard InChI is InChI=1S/C18H16BrNO4/c1-22-8-9-23-15-5-3-14(4-6-15)20-18(21)17-11-12-10-13(19)2-7-16(12)24-17/h2-7,10-11H,8-9H2,1H3,(H,20,21). The van der Waals surface area contributed by atoms with Gasteiger partial charge in [0, 0.05) is 22.7 Å². The molecule has 0 bridgehead atoms. The number of methoxy groups -OCH3 is 1. The number of anilines is 1. The molecule has 0 saturated heterocycles. The van der Waals surface area contributed by atoms with Crippen molar-refractivity contribution in [3.8, 4) is 5.75 Å². The Balaban J connectivity index is 1.67. The van der Waals surface area contributed by atoms with Crippen molar-refractivity contribution < 1.29 is 18.7 Å². The highest BCUT2D eigenvalue weighted by atomic mass is 79.9. The van der Waals surface area contributed by atoms with E-state index in [1.165, 1.54) is 0 Å². The van der Waals surface area contributed by atoms with Crippen molar-refractivity contribution >= 4 is 38.5 Å². The zero-order valence-corrected chi connectivity index (χ0v) is 14.6. The van der Waals surface area contributed by atoms with Crippen LogP contribution in [0.3, 0.4) is 0 Å². The highest BCUT2D eigenvalue weighted by Crippen LogP contribution is 2.24. The summed E-state index contributed by atoms with van der Waals surface area (Å²) in [4.78, 5) is 12.3. The number of carbonyl (C=O) groups is 1. The molecule has 0 radical (unpaired) electrons. The van der Waals surface area contributed by atoms with Crippen molar-refractivity contribution in [2.45, 2.75) is 0 Å². The van der Waals surface area contributed by atoms with E-state index in [-0.39, 0.29) is 11.7 Å². The highest BCUT2D eigenvalue weighted by molar-refractivity contribution is 9.10. The predicted molar refractivity (Wildman–Crippen MR) is 95.7 cm³/mol. The van der Waals surface area contributed by atoms with Crippen molar-refractivity contribution in [1.82, 2.24) is 0 Å². The van der Waals surface area contributed by atoms with E-state index in [2.05, 4.69) is 21.2 Å². The molecule has 1 heterocycles. The van der Waals surface area contributed by atoms with Crippen LogP contribution in [-0.2, 0) is 4.74 Å². The zero-order chi connectivity index (χ0) is 16.9. The molecule has 124 valence electrons. The average molecular weight is 390 g/mol. The van der Waals surface area contributed by atoms with E-state index in [9.17, 15) is 4.79 Å². The summed E-state index contributed by atoms with van der Waals surface area (Å²) in [5.41, 5.74) is 1.34. The minimum absolute atomic E-state index is 0.267. The van der Waals surface area contributed by atoms with Crippen LogP contribution in [0.25, 0.3) is 11.0 Å². The van der Waals surface area contributed by atoms with Gasteiger partial charge in [0.15, 0.2) is 5.76 Å². The summed E-state index contributed by atoms with van der Waals surface area (Å²) in [5.74, 6) is 0.692. The largest absolute Gasteiger partial charge is 0.491 e. The lowest BCUT2D eigenvalue weighted by Gasteiger charge is -2.07. The van der Waals surface area contributed by atoms with Crippen LogP contribution in [0.5, 0.6) is 5.75 Å². The van der Waals surface area contributed by atoms with Crippen LogP contribution < -0.4 is 10.1 Å². The number of fused-ring (bicyclic) bond motifs is 1. The molecule has 3 rings (SSSR count). The number of nitrogens with one attached hydrogen (secondary N) is 1. The average Bonchev–Trinajstić information content (AvgIpc) is 3.00. The molecule has 0 aliphatic heterocycles. The monoisotopic (exact) mass is 389 g/mol. The summed E-state index contributed by atoms with van der Waals surface area (Å²) in [6, 6.07) is 14.5. The van der Waals surface area contributed by atoms with Gasteiger partial charge in [-0.15, -0.1) is 0 Å². The van der Waals surface area contributed by atoms with Gasteiger partial charge in [0.25, 0.3) is 5.91 Å². The van der Waals surface area contributed by atoms with Crippen LogP contribution in [0, 0.1) is 0 Å². The first-order chi connectivity index (χ1) is 11.7. The molecule has 0 atom stereocenters. The molecule has 0 spiro atoms. The molecule has 0 saturated carbocycles. The van der Waals surface area contributed by atoms with Crippen LogP contribution in [0.15, 0.2) is 57.4 Å². The number of furan rings is 1. The molecule has 0 aliphatic carbocycles. The van der Waals surface area contributed by atoms with Crippen molar-refractivity contribution in [3.63, 3.8) is 0 Å². The Kier molecular flexibility index (Phi) is 5.17. The summed E-state index contributed by atoms with van der Waals surface area (Å²) in [6.45, 7) is 1.01. The van der Waals surface area contributed by atoms with E-state index < -0.39 is 0 Å². The maximum Gasteiger partial charge on any atom is 0.291 e. The number of benzene rings is 2. The summed E-state index contributed by atoms with van der Waals surface area (Å²) in [5, 5.41) is 3.68. The summed E-state index contributed by atoms with van der Waals surface area (Å²) >= 11 is 3.40. The minimum Gasteiger partial charge on any atom is -0.491 e. The number of carbonyl (C=O) groups excluding carboxylic acids is 1. The lowest BCUT2D eigenvalue weighted by atomic mass is 10.2. The second-order valence-corrected chi connectivity index (χ2v) is 6.03. The molecule has 5 nitrogen and oxygen atoms in total. The van der Waals surface area contributed by atoms with Gasteiger partial charge in [0.2, 0.25) is 0 Å². The van der Waals surface area contributed by atoms with E-state index in [1.807, 2.05) is 18.2 Å². The molecule has 1 amide bonds. The predicted octanol–water partition coefficient (Wildman–Crippen LogP) is 4.47. The van der Waals surface area contributed by atoms with E-state index in [0.717, 1.165) is 15.6 Å². The Morgan fingerprint density at radius 3 is 2.67 bits per heavy atom. The number of hydrogen-bond acceptors (Lipinski definition) is 4. The first-order valence-electron chi connectivity index (χ1n) is 7.38. The third-order valence-corrected chi connectivity index (χ3v) is 3.86. The normalized spacial score (nSPS) is 10.8. The van der Waals surface area contributed by atoms with Gasteiger partial charge in [0.05, 0.1) is 6.61 Å². The number of halogens is 1. The molecule has 24 heavy (non-hydrogen) atoms. The third kappa shape index (κ3) is 3.96. The van der Waals surface area contributed by atoms with Gasteiger partial charge in [-0.25, -0.2) is 0 Å². The van der Waals surface area contributed by atoms with Crippen LogP contribution in [0.1, 0.15) is 10.6 Å². The van der Waals surface area contributed by atoms with E-state index in [4.69, 9.17) is 13.9 Å². The number of amides is 1. The first kappa shape index (κ1) is 16.5. The molecule has 3 aromatic rings. The fourth-order valence-corrected chi connectivity index (χ4v) is 2.57. The van der Waals surface area contributed by atoms with Crippen LogP contribution in [0.4, 0.5) is 5.69 Å². The van der Waals surface area contributed by atoms with E-state index in [0.29, 0.717) is 24.5 Å². The molecule has 0 fully saturated rings. The van der Waals surface area contributed by atoms with Gasteiger partial charge in [-0.05, 0) is 48.5 Å². The lowest BCUT2D eigenvalue weighted by Crippen LogP contribution is -2.10. The molecule has 2 aromatic carbocycles. The summed E-state index contributed by atoms with van der Waals surface area (Å²) in [7, 11) is 1.62. The third-order valence-electron chi connectivity index (χ3n) is 3.37. The molecule has 0 aliphatic rings. The topological polar surface area (TPSA) is 60.7 Å². The van der Waals surface area contributed by atoms with Gasteiger partial charge in [0.1, 0.15) is 17.9 Å². The van der Waals surface area contributed by atoms with Gasteiger partial charge in [-0.3, -0.25) is 4.79 Å². The Hall–Kier alpha value is -2.31. The van der Waals surface area contributed by atoms with Gasteiger partial charge < -0.3 is 19.2 Å². The van der Waals surface area contributed by atoms with Crippen LogP contribution >= 0.6 is 15.9 Å². The van der Waals surface area contributed by atoms with E-state index >= 15 is 0 Å². The SMILES string of the molecule is COCCOc1ccc(NC(=O)c2cc3cc(Br)ccc3o2)cc1. The second-order valence-electron chi connectivity index (χ2n) is 5.11. The zero-order valence-electron chi connectivity index (χ0n) is 13.0. The fourth-order valence-electron chi connectivity index (χ4n) is 2.20. The second kappa shape index (κ2) is 7.51. The molecule has 1 N–H and O–H groups in total. The molecule has 0 unspecified atom stereocenters. The number of ether oxygens (including phenoxy) is 2. The quantitative estimate of drug-likeness (QED) is 0.631. The summed E-state index contributed by atoms with van der Waals surface area (Å²) < 4.78 is 16.9. The Morgan fingerprint density at radius 2 is 1.92 bits per heavy atom. The lowest BCUT2D eigenvalue weighted by molar-refractivity contribution is 0.0998. The fraction of sp³-hybridized carbons (Fsp3) is 0.167. The first-order valence-corrected chi connectivity index (χ1v) is 8.17. The molecule has 1 aromatic heterocycles. The molecule has 6 heteroatoms. The minimum atomic E-state index is -0.296. The van der Waals surface area contributed by atoms with E-state index in [1.54, 1.807) is 37.4 Å². The Bertz CT molecular complexity index is 842. The van der Waals surface area contributed by atoms with Crippen molar-refractivity contribution in [3.05, 3.63) is 58.8 Å². The van der Waals surface area contributed by atoms with Crippen molar-refractivity contribution in [1.29, 1.82) is 0 Å². The van der Waals surface area contributed by atoms with Gasteiger partial charge in [-0.2, -0.15) is 0 Å².